The summed E-state index contributed by atoms with van der Waals surface area (Å²) in [5, 5.41) is 13.0. The molecule has 1 heterocycles. The Balaban J connectivity index is 1.58. The van der Waals surface area contributed by atoms with Crippen molar-refractivity contribution in [2.24, 2.45) is 5.10 Å². The third-order valence-electron chi connectivity index (χ3n) is 3.64. The van der Waals surface area contributed by atoms with E-state index in [0.29, 0.717) is 21.5 Å². The summed E-state index contributed by atoms with van der Waals surface area (Å²) in [6.07, 6.45) is 1.60. The number of methoxy groups -OCH3 is 1. The third-order valence-corrected chi connectivity index (χ3v) is 4.83. The van der Waals surface area contributed by atoms with Gasteiger partial charge in [0.1, 0.15) is 5.75 Å². The number of nitrogens with one attached hydrogen (secondary N) is 1. The van der Waals surface area contributed by atoms with Crippen molar-refractivity contribution in [1.82, 2.24) is 14.9 Å². The van der Waals surface area contributed by atoms with Gasteiger partial charge in [-0.2, -0.15) is 5.10 Å². The van der Waals surface area contributed by atoms with E-state index in [2.05, 4.69) is 20.7 Å². The number of aromatic nitrogens is 3. The fraction of sp³-hybridized carbons (Fsp3) is 0.111. The maximum absolute atomic E-state index is 12.3. The van der Waals surface area contributed by atoms with E-state index in [9.17, 15) is 4.79 Å². The number of Topliss-reactive ketones (excluding diaryl/α,β-unsaturated/α-hetero) is 1. The molecule has 3 N–H and O–H groups in total. The van der Waals surface area contributed by atoms with Crippen molar-refractivity contribution in [3.8, 4) is 5.75 Å². The van der Waals surface area contributed by atoms with Gasteiger partial charge < -0.3 is 10.6 Å². The van der Waals surface area contributed by atoms with Crippen LogP contribution in [0.3, 0.4) is 0 Å². The van der Waals surface area contributed by atoms with Crippen molar-refractivity contribution in [2.45, 2.75) is 5.16 Å². The van der Waals surface area contributed by atoms with Gasteiger partial charge in [0.05, 0.1) is 19.1 Å². The van der Waals surface area contributed by atoms with Gasteiger partial charge in [-0.1, -0.05) is 47.6 Å². The van der Waals surface area contributed by atoms with Crippen LogP contribution >= 0.6 is 23.4 Å². The first kappa shape index (κ1) is 19.7. The van der Waals surface area contributed by atoms with Crippen molar-refractivity contribution >= 4 is 41.3 Å². The molecule has 0 aliphatic carbocycles. The number of hydrogen-bond donors (Lipinski definition) is 2. The standard InChI is InChI=1S/C18H17ClN6O2S/c1-27-15-4-2-3-13(9-15)16(26)11-28-18-24-23-17(25(18)20)22-21-10-12-5-7-14(19)8-6-12/h2-10H,11,20H2,1H3,(H,22,23)/b21-10+. The number of carbonyl (C=O) groups is 1. The number of benzene rings is 2. The number of halogens is 1. The first-order valence-corrected chi connectivity index (χ1v) is 9.48. The average molecular weight is 417 g/mol. The van der Waals surface area contributed by atoms with Crippen molar-refractivity contribution in [3.63, 3.8) is 0 Å². The molecule has 0 fully saturated rings. The normalized spacial score (nSPS) is 10.9. The van der Waals surface area contributed by atoms with Gasteiger partial charge in [0.15, 0.2) is 5.78 Å². The number of nitrogen functional groups attached to an aromatic ring is 1. The number of nitrogens with two attached hydrogens (primary N) is 1. The molecule has 0 aliphatic heterocycles. The van der Waals surface area contributed by atoms with Crippen LogP contribution < -0.4 is 16.0 Å². The van der Waals surface area contributed by atoms with E-state index >= 15 is 0 Å². The number of thioether (sulfide) groups is 1. The first-order chi connectivity index (χ1) is 13.6. The van der Waals surface area contributed by atoms with E-state index < -0.39 is 0 Å². The second kappa shape index (κ2) is 9.25. The second-order valence-electron chi connectivity index (χ2n) is 5.54. The molecule has 0 spiro atoms. The van der Waals surface area contributed by atoms with Crippen LogP contribution in [0.25, 0.3) is 0 Å². The Morgan fingerprint density at radius 3 is 2.86 bits per heavy atom. The Hall–Kier alpha value is -3.04. The van der Waals surface area contributed by atoms with Crippen LogP contribution in [0.1, 0.15) is 15.9 Å². The largest absolute Gasteiger partial charge is 0.497 e. The van der Waals surface area contributed by atoms with Crippen molar-refractivity contribution in [1.29, 1.82) is 0 Å². The Kier molecular flexibility index (Phi) is 6.51. The summed E-state index contributed by atoms with van der Waals surface area (Å²) >= 11 is 7.02. The minimum absolute atomic E-state index is 0.0674. The van der Waals surface area contributed by atoms with Crippen LogP contribution in [-0.2, 0) is 0 Å². The summed E-state index contributed by atoms with van der Waals surface area (Å²) in [5.41, 5.74) is 4.13. The fourth-order valence-electron chi connectivity index (χ4n) is 2.18. The van der Waals surface area contributed by atoms with Crippen LogP contribution in [0.2, 0.25) is 5.02 Å². The molecule has 10 heteroatoms. The topological polar surface area (TPSA) is 107 Å². The number of nitrogens with zero attached hydrogens (tertiary/aromatic N) is 4. The molecule has 2 aromatic carbocycles. The molecule has 1 aromatic heterocycles. The molecule has 3 rings (SSSR count). The van der Waals surface area contributed by atoms with E-state index in [1.165, 1.54) is 16.4 Å². The van der Waals surface area contributed by atoms with Gasteiger partial charge >= 0.3 is 0 Å². The zero-order valence-corrected chi connectivity index (χ0v) is 16.4. The molecule has 0 saturated carbocycles. The second-order valence-corrected chi connectivity index (χ2v) is 6.92. The van der Waals surface area contributed by atoms with Gasteiger partial charge in [0, 0.05) is 10.6 Å². The lowest BCUT2D eigenvalue weighted by Crippen LogP contribution is -2.14. The number of hydrazone groups is 1. The molecule has 0 amide bonds. The summed E-state index contributed by atoms with van der Waals surface area (Å²) in [7, 11) is 1.55. The van der Waals surface area contributed by atoms with Crippen LogP contribution in [0.5, 0.6) is 5.75 Å². The molecule has 144 valence electrons. The molecular formula is C18H17ClN6O2S. The average Bonchev–Trinajstić information content (AvgIpc) is 3.07. The predicted molar refractivity (Wildman–Crippen MR) is 111 cm³/mol. The molecule has 3 aromatic rings. The minimum Gasteiger partial charge on any atom is -0.497 e. The van der Waals surface area contributed by atoms with E-state index in [1.54, 1.807) is 49.7 Å². The lowest BCUT2D eigenvalue weighted by Gasteiger charge is -2.04. The summed E-state index contributed by atoms with van der Waals surface area (Å²) in [4.78, 5) is 12.3. The zero-order valence-electron chi connectivity index (χ0n) is 14.9. The third kappa shape index (κ3) is 5.02. The summed E-state index contributed by atoms with van der Waals surface area (Å²) in [6.45, 7) is 0. The summed E-state index contributed by atoms with van der Waals surface area (Å²) in [5.74, 6) is 6.93. The van der Waals surface area contributed by atoms with Crippen LogP contribution in [0.15, 0.2) is 58.8 Å². The molecule has 0 atom stereocenters. The highest BCUT2D eigenvalue weighted by molar-refractivity contribution is 7.99. The Bertz CT molecular complexity index is 990. The molecule has 28 heavy (non-hydrogen) atoms. The molecule has 0 saturated heterocycles. The van der Waals surface area contributed by atoms with Crippen LogP contribution in [-0.4, -0.2) is 39.7 Å². The number of anilines is 1. The van der Waals surface area contributed by atoms with Gasteiger partial charge in [-0.05, 0) is 29.8 Å². The molecule has 0 radical (unpaired) electrons. The van der Waals surface area contributed by atoms with Gasteiger partial charge in [0.25, 0.3) is 5.95 Å². The van der Waals surface area contributed by atoms with E-state index in [-0.39, 0.29) is 17.5 Å². The first-order valence-electron chi connectivity index (χ1n) is 8.12. The van der Waals surface area contributed by atoms with Crippen LogP contribution in [0, 0.1) is 0 Å². The monoisotopic (exact) mass is 416 g/mol. The number of ether oxygens (including phenoxy) is 1. The van der Waals surface area contributed by atoms with Gasteiger partial charge in [-0.25, -0.2) is 10.1 Å². The van der Waals surface area contributed by atoms with E-state index in [0.717, 1.165) is 5.56 Å². The van der Waals surface area contributed by atoms with Gasteiger partial charge in [-0.15, -0.1) is 10.2 Å². The number of rotatable bonds is 8. The fourth-order valence-corrected chi connectivity index (χ4v) is 3.05. The lowest BCUT2D eigenvalue weighted by atomic mass is 10.1. The lowest BCUT2D eigenvalue weighted by molar-refractivity contribution is 0.102. The van der Waals surface area contributed by atoms with E-state index in [1.807, 2.05) is 12.1 Å². The molecule has 8 nitrogen and oxygen atoms in total. The molecule has 0 bridgehead atoms. The minimum atomic E-state index is -0.0674. The Morgan fingerprint density at radius 1 is 1.32 bits per heavy atom. The molecular weight excluding hydrogens is 400 g/mol. The zero-order chi connectivity index (χ0) is 19.9. The smallest absolute Gasteiger partial charge is 0.264 e. The highest BCUT2D eigenvalue weighted by Crippen LogP contribution is 2.20. The molecule has 0 aliphatic rings. The van der Waals surface area contributed by atoms with Crippen LogP contribution in [0.4, 0.5) is 5.95 Å². The summed E-state index contributed by atoms with van der Waals surface area (Å²) < 4.78 is 6.37. The maximum Gasteiger partial charge on any atom is 0.264 e. The SMILES string of the molecule is COc1cccc(C(=O)CSc2nnc(N/N=C/c3ccc(Cl)cc3)n2N)c1. The summed E-state index contributed by atoms with van der Waals surface area (Å²) in [6, 6.07) is 14.2. The quantitative estimate of drug-likeness (QED) is 0.191. The Labute approximate surface area is 170 Å². The highest BCUT2D eigenvalue weighted by atomic mass is 35.5. The number of carbonyl (C=O) groups excluding carboxylic acids is 1. The Morgan fingerprint density at radius 2 is 2.11 bits per heavy atom. The predicted octanol–water partition coefficient (Wildman–Crippen LogP) is 3.07. The van der Waals surface area contributed by atoms with Gasteiger partial charge in [-0.3, -0.25) is 4.79 Å². The number of ketones is 1. The van der Waals surface area contributed by atoms with Crippen molar-refractivity contribution in [3.05, 3.63) is 64.7 Å². The van der Waals surface area contributed by atoms with Crippen molar-refractivity contribution < 1.29 is 9.53 Å². The van der Waals surface area contributed by atoms with Gasteiger partial charge in [0.2, 0.25) is 5.16 Å². The highest BCUT2D eigenvalue weighted by Gasteiger charge is 2.13. The van der Waals surface area contributed by atoms with Crippen molar-refractivity contribution in [2.75, 3.05) is 24.1 Å². The molecule has 0 unspecified atom stereocenters. The van der Waals surface area contributed by atoms with E-state index in [4.69, 9.17) is 22.2 Å². The maximum atomic E-state index is 12.3. The number of hydrogen-bond acceptors (Lipinski definition) is 8.